The first-order valence-corrected chi connectivity index (χ1v) is 5.11. The highest BCUT2D eigenvalue weighted by molar-refractivity contribution is 5.95. The molecule has 0 saturated carbocycles. The molecule has 0 bridgehead atoms. The van der Waals surface area contributed by atoms with Crippen LogP contribution in [0.4, 0.5) is 13.2 Å². The average molecular weight is 270 g/mol. The number of benzene rings is 1. The Hall–Kier alpha value is -2.31. The third kappa shape index (κ3) is 2.31. The first kappa shape index (κ1) is 13.1. The van der Waals surface area contributed by atoms with E-state index in [1.165, 1.54) is 6.07 Å². The number of alkyl halides is 3. The Morgan fingerprint density at radius 1 is 1.32 bits per heavy atom. The molecular formula is C12H7F3NO3. The molecule has 0 spiro atoms. The summed E-state index contributed by atoms with van der Waals surface area (Å²) in [6.45, 7) is 0. The largest absolute Gasteiger partial charge is 0.464 e. The number of rotatable bonds is 1. The lowest BCUT2D eigenvalue weighted by atomic mass is 10.1. The summed E-state index contributed by atoms with van der Waals surface area (Å²) in [5, 5.41) is 11.5. The number of pyridine rings is 1. The van der Waals surface area contributed by atoms with E-state index in [4.69, 9.17) is 0 Å². The maximum atomic E-state index is 12.8. The third-order valence-corrected chi connectivity index (χ3v) is 2.50. The molecule has 0 aliphatic heterocycles. The van der Waals surface area contributed by atoms with Crippen LogP contribution in [0, 0.1) is 0 Å². The summed E-state index contributed by atoms with van der Waals surface area (Å²) in [5.41, 5.74) is -2.06. The van der Waals surface area contributed by atoms with Gasteiger partial charge in [0.2, 0.25) is 0 Å². The predicted molar refractivity (Wildman–Crippen MR) is 58.2 cm³/mol. The number of methoxy groups -OCH3 is 1. The van der Waals surface area contributed by atoms with Crippen LogP contribution in [0.25, 0.3) is 10.9 Å². The third-order valence-electron chi connectivity index (χ3n) is 2.50. The van der Waals surface area contributed by atoms with Crippen molar-refractivity contribution >= 4 is 16.9 Å². The number of carbonyl (C=O) groups is 1. The first-order valence-electron chi connectivity index (χ1n) is 5.11. The molecule has 4 nitrogen and oxygen atoms in total. The van der Waals surface area contributed by atoms with Crippen LogP contribution in [0.5, 0.6) is 5.75 Å². The average Bonchev–Trinajstić information content (AvgIpc) is 2.35. The summed E-state index contributed by atoms with van der Waals surface area (Å²) in [4.78, 5) is 14.8. The highest BCUT2D eigenvalue weighted by Gasteiger charge is 2.34. The number of aromatic nitrogens is 1. The summed E-state index contributed by atoms with van der Waals surface area (Å²) < 4.78 is 42.8. The Labute approximate surface area is 105 Å². The van der Waals surface area contributed by atoms with Crippen LogP contribution in [-0.2, 0) is 16.0 Å². The Balaban J connectivity index is 2.80. The minimum Gasteiger partial charge on any atom is -0.464 e. The van der Waals surface area contributed by atoms with Gasteiger partial charge in [-0.3, -0.25) is 5.11 Å². The molecule has 0 aliphatic rings. The van der Waals surface area contributed by atoms with Gasteiger partial charge in [0.25, 0.3) is 0 Å². The van der Waals surface area contributed by atoms with E-state index < -0.39 is 34.7 Å². The lowest BCUT2D eigenvalue weighted by molar-refractivity contribution is -0.136. The quantitative estimate of drug-likeness (QED) is 0.748. The fourth-order valence-electron chi connectivity index (χ4n) is 1.66. The number of ether oxygens (including phenoxy) is 1. The zero-order valence-corrected chi connectivity index (χ0v) is 9.62. The van der Waals surface area contributed by atoms with Crippen LogP contribution in [-0.4, -0.2) is 18.1 Å². The number of nitrogens with zero attached hydrogens (tertiary/aromatic N) is 1. The molecule has 2 aromatic rings. The van der Waals surface area contributed by atoms with Gasteiger partial charge in [0.1, 0.15) is 0 Å². The monoisotopic (exact) mass is 270 g/mol. The normalized spacial score (nSPS) is 11.6. The molecular weight excluding hydrogens is 263 g/mol. The smallest absolute Gasteiger partial charge is 0.418 e. The maximum absolute atomic E-state index is 12.8. The molecule has 0 fully saturated rings. The van der Waals surface area contributed by atoms with E-state index >= 15 is 0 Å². The van der Waals surface area contributed by atoms with Crippen molar-refractivity contribution in [2.75, 3.05) is 7.11 Å². The van der Waals surface area contributed by atoms with Crippen molar-refractivity contribution in [3.63, 3.8) is 0 Å². The van der Waals surface area contributed by atoms with Crippen molar-refractivity contribution < 1.29 is 27.8 Å². The van der Waals surface area contributed by atoms with Crippen molar-refractivity contribution in [2.45, 2.75) is 6.18 Å². The van der Waals surface area contributed by atoms with E-state index in [0.29, 0.717) is 0 Å². The minimum atomic E-state index is -4.66. The van der Waals surface area contributed by atoms with E-state index in [1.807, 2.05) is 0 Å². The fourth-order valence-corrected chi connectivity index (χ4v) is 1.66. The molecule has 0 N–H and O–H groups in total. The zero-order valence-electron chi connectivity index (χ0n) is 9.62. The molecule has 0 atom stereocenters. The van der Waals surface area contributed by atoms with Crippen LogP contribution in [0.1, 0.15) is 16.1 Å². The molecule has 0 amide bonds. The number of carbonyl (C=O) groups excluding carboxylic acids is 1. The number of hydrogen-bond donors (Lipinski definition) is 0. The van der Waals surface area contributed by atoms with E-state index in [9.17, 15) is 23.1 Å². The van der Waals surface area contributed by atoms with Gasteiger partial charge in [-0.1, -0.05) is 6.07 Å². The molecule has 19 heavy (non-hydrogen) atoms. The SMILES string of the molecule is COC(=O)c1cc([O])c2cccc(C(F)(F)F)c2n1. The standard InChI is InChI=1S/C12H7F3NO3/c1-19-11(18)8-5-9(17)6-3-2-4-7(10(6)16-8)12(13,14)15/h2-5H,1H3. The lowest BCUT2D eigenvalue weighted by Gasteiger charge is -2.10. The Morgan fingerprint density at radius 2 is 2.00 bits per heavy atom. The molecule has 1 radical (unpaired) electrons. The van der Waals surface area contributed by atoms with Crippen molar-refractivity contribution in [2.24, 2.45) is 0 Å². The van der Waals surface area contributed by atoms with Crippen molar-refractivity contribution in [3.8, 4) is 5.75 Å². The second-order valence-corrected chi connectivity index (χ2v) is 3.70. The summed E-state index contributed by atoms with van der Waals surface area (Å²) in [7, 11) is 1.05. The van der Waals surface area contributed by atoms with Gasteiger partial charge in [0.15, 0.2) is 11.4 Å². The molecule has 99 valence electrons. The first-order chi connectivity index (χ1) is 8.84. The van der Waals surface area contributed by atoms with E-state index in [1.54, 1.807) is 0 Å². The highest BCUT2D eigenvalue weighted by Crippen LogP contribution is 2.36. The molecule has 1 heterocycles. The number of hydrogen-bond acceptors (Lipinski definition) is 3. The topological polar surface area (TPSA) is 59.1 Å². The lowest BCUT2D eigenvalue weighted by Crippen LogP contribution is -2.09. The van der Waals surface area contributed by atoms with Crippen molar-refractivity contribution in [3.05, 3.63) is 35.5 Å². The predicted octanol–water partition coefficient (Wildman–Crippen LogP) is 3.18. The summed E-state index contributed by atoms with van der Waals surface area (Å²) in [5.74, 6) is -1.67. The second kappa shape index (κ2) is 4.42. The minimum absolute atomic E-state index is 0.192. The van der Waals surface area contributed by atoms with E-state index in [-0.39, 0.29) is 5.39 Å². The molecule has 0 aliphatic carbocycles. The number of fused-ring (bicyclic) bond motifs is 1. The van der Waals surface area contributed by atoms with E-state index in [0.717, 1.165) is 25.3 Å². The van der Waals surface area contributed by atoms with Crippen LogP contribution < -0.4 is 0 Å². The second-order valence-electron chi connectivity index (χ2n) is 3.70. The highest BCUT2D eigenvalue weighted by atomic mass is 19.4. The molecule has 1 aromatic heterocycles. The van der Waals surface area contributed by atoms with Gasteiger partial charge >= 0.3 is 12.1 Å². The van der Waals surface area contributed by atoms with Crippen molar-refractivity contribution in [1.29, 1.82) is 0 Å². The van der Waals surface area contributed by atoms with Gasteiger partial charge < -0.3 is 4.74 Å². The Morgan fingerprint density at radius 3 is 2.58 bits per heavy atom. The summed E-state index contributed by atoms with van der Waals surface area (Å²) >= 11 is 0. The number of esters is 1. The molecule has 7 heteroatoms. The molecule has 0 saturated heterocycles. The summed E-state index contributed by atoms with van der Waals surface area (Å²) in [6, 6.07) is 4.00. The van der Waals surface area contributed by atoms with Crippen LogP contribution >= 0.6 is 0 Å². The maximum Gasteiger partial charge on any atom is 0.418 e. The Kier molecular flexibility index (Phi) is 3.05. The van der Waals surface area contributed by atoms with Crippen molar-refractivity contribution in [1.82, 2.24) is 4.98 Å². The number of halogens is 3. The fraction of sp³-hybridized carbons (Fsp3) is 0.167. The van der Waals surface area contributed by atoms with Gasteiger partial charge in [0.05, 0.1) is 18.2 Å². The van der Waals surface area contributed by atoms with E-state index in [2.05, 4.69) is 9.72 Å². The zero-order chi connectivity index (χ0) is 14.2. The van der Waals surface area contributed by atoms with Crippen LogP contribution in [0.3, 0.4) is 0 Å². The van der Waals surface area contributed by atoms with Gasteiger partial charge in [-0.25, -0.2) is 9.78 Å². The summed E-state index contributed by atoms with van der Waals surface area (Å²) in [6.07, 6.45) is -4.66. The molecule has 1 aromatic carbocycles. The van der Waals surface area contributed by atoms with Gasteiger partial charge in [0, 0.05) is 11.5 Å². The van der Waals surface area contributed by atoms with Gasteiger partial charge in [-0.2, -0.15) is 13.2 Å². The number of para-hydroxylation sites is 1. The molecule has 0 unspecified atom stereocenters. The van der Waals surface area contributed by atoms with Crippen LogP contribution in [0.15, 0.2) is 24.3 Å². The Bertz CT molecular complexity index is 652. The van der Waals surface area contributed by atoms with Gasteiger partial charge in [-0.05, 0) is 12.1 Å². The van der Waals surface area contributed by atoms with Crippen LogP contribution in [0.2, 0.25) is 0 Å². The van der Waals surface area contributed by atoms with Gasteiger partial charge in [-0.15, -0.1) is 0 Å². The molecule has 2 rings (SSSR count).